The van der Waals surface area contributed by atoms with E-state index in [1.807, 2.05) is 49.3 Å². The fourth-order valence-corrected chi connectivity index (χ4v) is 7.05. The number of hydrogen-bond donors (Lipinski definition) is 1. The summed E-state index contributed by atoms with van der Waals surface area (Å²) in [4.78, 5) is 14.6. The lowest BCUT2D eigenvalue weighted by Gasteiger charge is -2.15. The van der Waals surface area contributed by atoms with E-state index < -0.39 is 27.1 Å². The summed E-state index contributed by atoms with van der Waals surface area (Å²) in [6.07, 6.45) is 2.67. The zero-order valence-corrected chi connectivity index (χ0v) is 20.9. The van der Waals surface area contributed by atoms with Gasteiger partial charge in [0.2, 0.25) is 0 Å². The van der Waals surface area contributed by atoms with Gasteiger partial charge in [0.05, 0.1) is 5.52 Å². The number of rotatable bonds is 9. The molecule has 1 atom stereocenters. The van der Waals surface area contributed by atoms with Crippen LogP contribution < -0.4 is 4.90 Å². The van der Waals surface area contributed by atoms with E-state index in [2.05, 4.69) is 6.58 Å². The Kier molecular flexibility index (Phi) is 6.82. The van der Waals surface area contributed by atoms with Gasteiger partial charge in [-0.2, -0.15) is 0 Å². The molecule has 0 bridgehead atoms. The van der Waals surface area contributed by atoms with Crippen molar-refractivity contribution in [1.29, 1.82) is 0 Å². The van der Waals surface area contributed by atoms with Gasteiger partial charge in [0, 0.05) is 47.5 Å². The van der Waals surface area contributed by atoms with Crippen LogP contribution in [0.25, 0.3) is 21.3 Å². The molecule has 4 aromatic rings. The lowest BCUT2D eigenvalue weighted by atomic mass is 10.1. The molecule has 6 nitrogen and oxygen atoms in total. The summed E-state index contributed by atoms with van der Waals surface area (Å²) >= 11 is 1.37. The molecule has 1 N–H and O–H groups in total. The number of nitrogens with zero attached hydrogens (tertiary/aromatic N) is 2. The van der Waals surface area contributed by atoms with Crippen LogP contribution in [0.1, 0.15) is 22.1 Å². The number of carboxylic acids is 1. The molecule has 9 heteroatoms. The minimum Gasteiger partial charge on any atom is -0.481 e. The Balaban J connectivity index is 1.76. The maximum absolute atomic E-state index is 14.0. The normalized spacial score (nSPS) is 12.5. The van der Waals surface area contributed by atoms with Crippen molar-refractivity contribution in [3.05, 3.63) is 89.7 Å². The van der Waals surface area contributed by atoms with E-state index in [4.69, 9.17) is 5.11 Å². The molecule has 0 spiro atoms. The van der Waals surface area contributed by atoms with Crippen LogP contribution in [0.2, 0.25) is 0 Å². The lowest BCUT2D eigenvalue weighted by Crippen LogP contribution is -2.18. The van der Waals surface area contributed by atoms with Crippen molar-refractivity contribution >= 4 is 43.9 Å². The van der Waals surface area contributed by atoms with E-state index in [-0.39, 0.29) is 12.8 Å². The smallest absolute Gasteiger partial charge is 0.303 e. The average Bonchev–Trinajstić information content (AvgIpc) is 3.43. The highest BCUT2D eigenvalue weighted by molar-refractivity contribution is 7.90. The molecular weight excluding hydrogens is 487 g/mol. The highest BCUT2D eigenvalue weighted by Crippen LogP contribution is 2.38. The van der Waals surface area contributed by atoms with Gasteiger partial charge >= 0.3 is 5.97 Å². The van der Waals surface area contributed by atoms with Crippen LogP contribution in [0, 0.1) is 5.82 Å². The maximum atomic E-state index is 14.0. The lowest BCUT2D eigenvalue weighted by molar-refractivity contribution is -0.136. The summed E-state index contributed by atoms with van der Waals surface area (Å²) in [6.45, 7) is 3.78. The summed E-state index contributed by atoms with van der Waals surface area (Å²) in [5.41, 5.74) is 2.77. The number of hydrogen-bond acceptors (Lipinski definition) is 5. The predicted octanol–water partition coefficient (Wildman–Crippen LogP) is 5.70. The Morgan fingerprint density at radius 1 is 1.20 bits per heavy atom. The fraction of sp³-hybridized carbons (Fsp3) is 0.192. The van der Waals surface area contributed by atoms with E-state index >= 15 is 0 Å². The number of fused-ring (bicyclic) bond motifs is 1. The monoisotopic (exact) mass is 512 g/mol. The Morgan fingerprint density at radius 3 is 2.66 bits per heavy atom. The average molecular weight is 513 g/mol. The molecule has 0 aliphatic heterocycles. The summed E-state index contributed by atoms with van der Waals surface area (Å²) in [5.74, 6) is -1.54. The Bertz CT molecular complexity index is 1520. The number of aliphatic carboxylic acids is 1. The fourth-order valence-electron chi connectivity index (χ4n) is 3.99. The van der Waals surface area contributed by atoms with Crippen molar-refractivity contribution in [2.45, 2.75) is 18.1 Å². The largest absolute Gasteiger partial charge is 0.481 e. The number of aromatic nitrogens is 1. The van der Waals surface area contributed by atoms with Gasteiger partial charge in [0.25, 0.3) is 10.0 Å². The minimum atomic E-state index is -4.02. The second-order valence-corrected chi connectivity index (χ2v) is 11.4. The molecule has 2 aromatic heterocycles. The topological polar surface area (TPSA) is 79.6 Å². The van der Waals surface area contributed by atoms with Crippen LogP contribution in [0.15, 0.2) is 73.4 Å². The van der Waals surface area contributed by atoms with Crippen molar-refractivity contribution in [3.8, 4) is 10.4 Å². The van der Waals surface area contributed by atoms with Crippen molar-refractivity contribution in [3.63, 3.8) is 0 Å². The van der Waals surface area contributed by atoms with Crippen LogP contribution in [0.4, 0.5) is 10.1 Å². The van der Waals surface area contributed by atoms with Crippen LogP contribution in [0.3, 0.4) is 0 Å². The van der Waals surface area contributed by atoms with E-state index in [9.17, 15) is 17.6 Å². The van der Waals surface area contributed by atoms with E-state index in [1.165, 1.54) is 41.8 Å². The molecule has 182 valence electrons. The SMILES string of the molecule is C=CC(c1ccc(-c2cccc(N(C)C)c2)s1)S(=O)(=O)n1cc(CCC(=O)O)c2cc(F)ccc21. The molecule has 1 unspecified atom stereocenters. The predicted molar refractivity (Wildman–Crippen MR) is 139 cm³/mol. The molecule has 0 saturated carbocycles. The summed E-state index contributed by atoms with van der Waals surface area (Å²) in [5, 5.41) is 8.42. The first-order valence-electron chi connectivity index (χ1n) is 10.9. The first-order chi connectivity index (χ1) is 16.6. The summed E-state index contributed by atoms with van der Waals surface area (Å²) in [7, 11) is -0.110. The molecular formula is C26H25FN2O4S2. The van der Waals surface area contributed by atoms with Gasteiger partial charge in [-0.3, -0.25) is 4.79 Å². The first-order valence-corrected chi connectivity index (χ1v) is 13.2. The van der Waals surface area contributed by atoms with Crippen molar-refractivity contribution in [2.24, 2.45) is 0 Å². The molecule has 35 heavy (non-hydrogen) atoms. The van der Waals surface area contributed by atoms with Gasteiger partial charge in [0.15, 0.2) is 0 Å². The first kappa shape index (κ1) is 24.7. The molecule has 2 aromatic carbocycles. The molecule has 0 aliphatic rings. The Labute approximate surface area is 207 Å². The standard InChI is InChI=1S/C26H25FN2O4S2/c1-4-25(24-12-11-23(34-24)17-6-5-7-20(14-17)28(2)3)35(32,33)29-16-18(8-13-26(30)31)21-15-19(27)9-10-22(21)29/h4-7,9-12,14-16,25H,1,8,13H2,2-3H3,(H,30,31). The number of thiophene rings is 1. The third-order valence-corrected chi connectivity index (χ3v) is 9.09. The third kappa shape index (κ3) is 4.87. The quantitative estimate of drug-likeness (QED) is 0.291. The molecule has 4 rings (SSSR count). The van der Waals surface area contributed by atoms with Crippen molar-refractivity contribution < 1.29 is 22.7 Å². The second-order valence-electron chi connectivity index (χ2n) is 8.35. The number of carbonyl (C=O) groups is 1. The molecule has 0 amide bonds. The highest BCUT2D eigenvalue weighted by Gasteiger charge is 2.30. The summed E-state index contributed by atoms with van der Waals surface area (Å²) in [6, 6.07) is 15.5. The van der Waals surface area contributed by atoms with Gasteiger partial charge < -0.3 is 10.0 Å². The molecule has 0 saturated heterocycles. The molecule has 0 aliphatic carbocycles. The molecule has 0 radical (unpaired) electrons. The Hall–Kier alpha value is -3.43. The van der Waals surface area contributed by atoms with Gasteiger partial charge in [-0.15, -0.1) is 17.9 Å². The number of halogens is 1. The van der Waals surface area contributed by atoms with Crippen molar-refractivity contribution in [1.82, 2.24) is 3.97 Å². The Morgan fingerprint density at radius 2 is 1.97 bits per heavy atom. The van der Waals surface area contributed by atoms with Crippen molar-refractivity contribution in [2.75, 3.05) is 19.0 Å². The zero-order valence-electron chi connectivity index (χ0n) is 19.3. The highest BCUT2D eigenvalue weighted by atomic mass is 32.2. The number of aryl methyl sites for hydroxylation is 1. The van der Waals surface area contributed by atoms with Gasteiger partial charge in [0.1, 0.15) is 11.1 Å². The molecule has 0 fully saturated rings. The number of carboxylic acid groups (broad SMARTS) is 1. The van der Waals surface area contributed by atoms with Gasteiger partial charge in [-0.05, 0) is 60.0 Å². The third-order valence-electron chi connectivity index (χ3n) is 5.79. The minimum absolute atomic E-state index is 0.0852. The second kappa shape index (κ2) is 9.67. The summed E-state index contributed by atoms with van der Waals surface area (Å²) < 4.78 is 42.7. The molecule has 2 heterocycles. The van der Waals surface area contributed by atoms with Crippen LogP contribution in [-0.4, -0.2) is 37.6 Å². The zero-order chi connectivity index (χ0) is 25.3. The van der Waals surface area contributed by atoms with E-state index in [0.717, 1.165) is 20.1 Å². The van der Waals surface area contributed by atoms with Gasteiger partial charge in [-0.25, -0.2) is 16.8 Å². The van der Waals surface area contributed by atoms with Crippen LogP contribution in [0.5, 0.6) is 0 Å². The van der Waals surface area contributed by atoms with Crippen LogP contribution in [-0.2, 0) is 21.2 Å². The van der Waals surface area contributed by atoms with Crippen LogP contribution >= 0.6 is 11.3 Å². The van der Waals surface area contributed by atoms with E-state index in [0.29, 0.717) is 21.3 Å². The van der Waals surface area contributed by atoms with Gasteiger partial charge in [-0.1, -0.05) is 18.2 Å². The number of anilines is 1. The number of benzene rings is 2. The maximum Gasteiger partial charge on any atom is 0.303 e. The van der Waals surface area contributed by atoms with E-state index in [1.54, 1.807) is 6.07 Å².